The second kappa shape index (κ2) is 30.8. The van der Waals surface area contributed by atoms with E-state index < -0.39 is 183 Å². The van der Waals surface area contributed by atoms with Gasteiger partial charge in [-0.05, 0) is 24.6 Å². The average molecular weight is 1140 g/mol. The van der Waals surface area contributed by atoms with Crippen LogP contribution < -0.4 is 26.0 Å². The van der Waals surface area contributed by atoms with Gasteiger partial charge in [-0.2, -0.15) is 8.42 Å². The predicted molar refractivity (Wildman–Crippen MR) is 264 cm³/mol. The van der Waals surface area contributed by atoms with E-state index in [2.05, 4.69) is 32.4 Å². The Morgan fingerprint density at radius 1 is 0.551 bits per heavy atom. The molecule has 0 spiro atoms. The summed E-state index contributed by atoms with van der Waals surface area (Å²) in [5.41, 5.74) is 0.0727. The van der Waals surface area contributed by atoms with Crippen LogP contribution in [0.3, 0.4) is 0 Å². The number of hydrogen-bond donors (Lipinski definition) is 14. The van der Waals surface area contributed by atoms with Crippen LogP contribution in [0.1, 0.15) is 95.8 Å². The molecule has 0 saturated carbocycles. The van der Waals surface area contributed by atoms with Gasteiger partial charge in [0, 0.05) is 26.3 Å². The first-order valence-corrected chi connectivity index (χ1v) is 27.3. The summed E-state index contributed by atoms with van der Waals surface area (Å²) in [5, 5.41) is 109. The number of hydrogen-bond acceptors (Lipinski definition) is 24. The summed E-state index contributed by atoms with van der Waals surface area (Å²) in [4.78, 5) is 51.1. The van der Waals surface area contributed by atoms with E-state index in [1.54, 1.807) is 12.1 Å². The van der Waals surface area contributed by atoms with E-state index in [-0.39, 0.29) is 5.56 Å². The van der Waals surface area contributed by atoms with Gasteiger partial charge in [-0.25, -0.2) is 4.18 Å². The molecule has 1 aromatic carbocycles. The lowest BCUT2D eigenvalue weighted by Crippen LogP contribution is -2.71. The smallest absolute Gasteiger partial charge is 0.397 e. The van der Waals surface area contributed by atoms with Crippen LogP contribution in [0.2, 0.25) is 0 Å². The molecule has 5 rings (SSSR count). The number of benzene rings is 1. The Labute approximate surface area is 451 Å². The van der Waals surface area contributed by atoms with Crippen molar-refractivity contribution in [2.24, 2.45) is 0 Å². The van der Waals surface area contributed by atoms with E-state index in [1.165, 1.54) is 44.2 Å². The van der Waals surface area contributed by atoms with Gasteiger partial charge in [-0.15, -0.1) is 0 Å². The molecule has 30 heteroatoms. The minimum atomic E-state index is -5.16. The molecule has 0 bridgehead atoms. The lowest BCUT2D eigenvalue weighted by molar-refractivity contribution is -0.361. The molecule has 29 nitrogen and oxygen atoms in total. The summed E-state index contributed by atoms with van der Waals surface area (Å²) in [5.74, 6) is -2.81. The van der Waals surface area contributed by atoms with Crippen LogP contribution >= 0.6 is 0 Å². The number of amides is 4. The number of nitrogens with one attached hydrogen (secondary N) is 4. The Balaban J connectivity index is 1.34. The summed E-state index contributed by atoms with van der Waals surface area (Å²) in [6.07, 6.45) is -19.4. The molecule has 4 saturated heterocycles. The highest BCUT2D eigenvalue weighted by Crippen LogP contribution is 2.35. The third-order valence-electron chi connectivity index (χ3n) is 13.6. The standard InChI is InChI=1S/C48H78N4O25S/c1-5-6-7-8-9-10-11-12-13-17-69-27-16-14-15-26(18-27)44(64)52-33-37(60)36(59)28(19-53)72-46(33)75-41-29(20-54)73-47(34(39(41)62)50-24(3)57)76-42-30(21-55)74-48(35(40(42)63)51-25(4)58)77-43-31(22-70-78(66,67)68)71-45(65)32(38(43)61)49-23(2)56/h14-16,18,28-43,45-48,53-55,59-63,65H,5-13,17,19-22H2,1-4H3,(H,49,56)(H,50,57)(H,51,58)(H,52,64)(H,66,67,68)/t28?,29?,30?,31?,32?,33?,34?,35?,36-,37-,38?,39?,40-,41-,42-,43-,45-,46+,47+,48+/m1/s1. The molecule has 4 aliphatic rings. The topological polar surface area (TPSA) is 436 Å². The minimum absolute atomic E-state index is 0.0727. The zero-order valence-corrected chi connectivity index (χ0v) is 44.6. The molecule has 4 aliphatic heterocycles. The van der Waals surface area contributed by atoms with Gasteiger partial charge in [-0.3, -0.25) is 23.7 Å². The molecule has 78 heavy (non-hydrogen) atoms. The number of rotatable bonds is 28. The minimum Gasteiger partial charge on any atom is -0.494 e. The molecule has 14 N–H and O–H groups in total. The van der Waals surface area contributed by atoms with E-state index in [0.717, 1.165) is 46.5 Å². The van der Waals surface area contributed by atoms with Gasteiger partial charge in [0.15, 0.2) is 25.2 Å². The monoisotopic (exact) mass is 1140 g/mol. The third kappa shape index (κ3) is 18.1. The molecule has 0 aliphatic carbocycles. The predicted octanol–water partition coefficient (Wildman–Crippen LogP) is -4.14. The second-order valence-corrected chi connectivity index (χ2v) is 20.7. The second-order valence-electron chi connectivity index (χ2n) is 19.6. The van der Waals surface area contributed by atoms with Crippen molar-refractivity contribution in [2.75, 3.05) is 33.0 Å². The Kier molecular flexibility index (Phi) is 25.7. The van der Waals surface area contributed by atoms with Crippen LogP contribution in [0.15, 0.2) is 24.3 Å². The number of aliphatic hydroxyl groups excluding tert-OH is 9. The van der Waals surface area contributed by atoms with Crippen molar-refractivity contribution in [1.82, 2.24) is 21.3 Å². The highest BCUT2D eigenvalue weighted by atomic mass is 32.3. The molecule has 20 atom stereocenters. The molecule has 4 amide bonds. The summed E-state index contributed by atoms with van der Waals surface area (Å²) in [7, 11) is -5.16. The van der Waals surface area contributed by atoms with Crippen LogP contribution in [0.4, 0.5) is 0 Å². The fourth-order valence-electron chi connectivity index (χ4n) is 9.64. The Hall–Kier alpha value is -3.87. The normalized spacial score (nSPS) is 35.3. The summed E-state index contributed by atoms with van der Waals surface area (Å²) < 4.78 is 84.0. The maximum absolute atomic E-state index is 13.8. The van der Waals surface area contributed by atoms with Gasteiger partial charge in [0.05, 0.1) is 33.0 Å². The highest BCUT2D eigenvalue weighted by molar-refractivity contribution is 7.80. The van der Waals surface area contributed by atoms with Crippen molar-refractivity contribution in [2.45, 2.75) is 208 Å². The molecule has 446 valence electrons. The Bertz CT molecular complexity index is 2170. The van der Waals surface area contributed by atoms with Crippen LogP contribution in [0.25, 0.3) is 0 Å². The lowest BCUT2D eigenvalue weighted by Gasteiger charge is -2.51. The van der Waals surface area contributed by atoms with Gasteiger partial charge >= 0.3 is 10.4 Å². The van der Waals surface area contributed by atoms with E-state index in [0.29, 0.717) is 12.4 Å². The first-order valence-electron chi connectivity index (χ1n) is 26.0. The number of aliphatic hydroxyl groups is 9. The van der Waals surface area contributed by atoms with Gasteiger partial charge < -0.3 is 105 Å². The van der Waals surface area contributed by atoms with Crippen molar-refractivity contribution in [1.29, 1.82) is 0 Å². The summed E-state index contributed by atoms with van der Waals surface area (Å²) in [6.45, 7) is 1.68. The van der Waals surface area contributed by atoms with E-state index in [1.807, 2.05) is 0 Å². The van der Waals surface area contributed by atoms with Gasteiger partial charge in [0.2, 0.25) is 17.7 Å². The zero-order chi connectivity index (χ0) is 57.4. The SMILES string of the molecule is CCCCCCCCCCCOc1cccc(C(=O)NC2[C@H](O[C@@H]3C(CO)O[C@@H](O[C@@H]4C(CO)O[C@@H](O[C@@H]5C(COS(=O)(=O)O)O[C@@H](O)C(NC(C)=O)C5O)C(NC(C)=O)[C@H]4O)C(NC(C)=O)C3O)OC(CO)[C@@H](O)[C@@H]2O)c1. The first kappa shape index (κ1) is 64.9. The van der Waals surface area contributed by atoms with Crippen molar-refractivity contribution < 1.29 is 120 Å². The lowest BCUT2D eigenvalue weighted by atomic mass is 9.93. The largest absolute Gasteiger partial charge is 0.494 e. The Morgan fingerprint density at radius 3 is 1.46 bits per heavy atom. The highest BCUT2D eigenvalue weighted by Gasteiger charge is 2.56. The molecule has 4 fully saturated rings. The molecule has 10 unspecified atom stereocenters. The van der Waals surface area contributed by atoms with Crippen LogP contribution in [0.5, 0.6) is 5.75 Å². The summed E-state index contributed by atoms with van der Waals surface area (Å²) >= 11 is 0. The third-order valence-corrected chi connectivity index (χ3v) is 14.0. The van der Waals surface area contributed by atoms with Crippen molar-refractivity contribution in [3.05, 3.63) is 29.8 Å². The van der Waals surface area contributed by atoms with E-state index >= 15 is 0 Å². The van der Waals surface area contributed by atoms with E-state index in [9.17, 15) is 78.1 Å². The van der Waals surface area contributed by atoms with Gasteiger partial charge in [0.1, 0.15) is 103 Å². The van der Waals surface area contributed by atoms with Gasteiger partial charge in [0.25, 0.3) is 5.91 Å². The molecule has 0 radical (unpaired) electrons. The van der Waals surface area contributed by atoms with Crippen molar-refractivity contribution >= 4 is 34.0 Å². The molecule has 4 heterocycles. The summed E-state index contributed by atoms with van der Waals surface area (Å²) in [6, 6.07) is -0.593. The first-order chi connectivity index (χ1) is 37.0. The van der Waals surface area contributed by atoms with Crippen LogP contribution in [-0.2, 0) is 62.1 Å². The fourth-order valence-corrected chi connectivity index (χ4v) is 9.95. The van der Waals surface area contributed by atoms with Gasteiger partial charge in [-0.1, -0.05) is 64.4 Å². The molecular formula is C48H78N4O25S. The zero-order valence-electron chi connectivity index (χ0n) is 43.8. The van der Waals surface area contributed by atoms with E-state index in [4.69, 9.17) is 37.9 Å². The molecule has 1 aromatic rings. The number of ether oxygens (including phenoxy) is 8. The molecule has 0 aromatic heterocycles. The maximum atomic E-state index is 13.8. The van der Waals surface area contributed by atoms with Crippen LogP contribution in [-0.4, -0.2) is 238 Å². The maximum Gasteiger partial charge on any atom is 0.397 e. The quantitative estimate of drug-likeness (QED) is 0.0280. The number of unbranched alkanes of at least 4 members (excludes halogenated alkanes) is 8. The number of carbonyl (C=O) groups is 4. The number of carbonyl (C=O) groups excluding carboxylic acids is 4. The fraction of sp³-hybridized carbons (Fsp3) is 0.792. The van der Waals surface area contributed by atoms with Crippen molar-refractivity contribution in [3.8, 4) is 5.75 Å². The van der Waals surface area contributed by atoms with Crippen molar-refractivity contribution in [3.63, 3.8) is 0 Å². The molecular weight excluding hydrogens is 1060 g/mol. The van der Waals surface area contributed by atoms with Crippen LogP contribution in [0, 0.1) is 0 Å². The Morgan fingerprint density at radius 2 is 0.987 bits per heavy atom. The average Bonchev–Trinajstić information content (AvgIpc) is 3.47.